The largest absolute Gasteiger partial charge is 0.307 e. The molecule has 1 rings (SSSR count). The molecule has 0 spiro atoms. The zero-order valence-electron chi connectivity index (χ0n) is 5.47. The molecule has 0 unspecified atom stereocenters. The van der Waals surface area contributed by atoms with Crippen molar-refractivity contribution in [1.82, 2.24) is 0 Å². The predicted molar refractivity (Wildman–Crippen MR) is 41.5 cm³/mol. The van der Waals surface area contributed by atoms with Gasteiger partial charge in [0.05, 0.1) is 5.02 Å². The van der Waals surface area contributed by atoms with E-state index in [1.165, 1.54) is 6.07 Å². The number of hydrogen-bond donors (Lipinski definition) is 0. The van der Waals surface area contributed by atoms with E-state index in [-0.39, 0.29) is 10.6 Å². The molecule has 0 saturated heterocycles. The maximum absolute atomic E-state index is 12.4. The molecule has 0 heterocycles. The second-order valence-corrected chi connectivity index (χ2v) is 2.40. The molecule has 54 valence electrons. The highest BCUT2D eigenvalue weighted by atomic mass is 35.5. The Morgan fingerprint density at radius 3 is 2.64 bits per heavy atom. The van der Waals surface area contributed by atoms with Crippen LogP contribution in [-0.2, 0) is 0 Å². The zero-order valence-corrected chi connectivity index (χ0v) is 6.23. The van der Waals surface area contributed by atoms with Gasteiger partial charge in [-0.2, -0.15) is 0 Å². The van der Waals surface area contributed by atoms with Crippen LogP contribution >= 0.6 is 11.6 Å². The van der Waals surface area contributed by atoms with Crippen LogP contribution in [0.15, 0.2) is 18.2 Å². The third kappa shape index (κ3) is 1.81. The van der Waals surface area contributed by atoms with Crippen LogP contribution in [0.2, 0.25) is 5.02 Å². The number of hydrogen-bond acceptors (Lipinski definition) is 1. The third-order valence-corrected chi connectivity index (χ3v) is 1.52. The van der Waals surface area contributed by atoms with Gasteiger partial charge in [-0.25, -0.2) is 4.39 Å². The first kappa shape index (κ1) is 8.27. The fourth-order valence-electron chi connectivity index (χ4n) is 0.686. The van der Waals surface area contributed by atoms with Gasteiger partial charge < -0.3 is 4.79 Å². The monoisotopic (exact) mass is 168 g/mol. The summed E-state index contributed by atoms with van der Waals surface area (Å²) in [6.07, 6.45) is 0. The molecule has 0 aliphatic heterocycles. The van der Waals surface area contributed by atoms with Crippen LogP contribution in [0.1, 0.15) is 10.4 Å². The number of carbonyl (C=O) groups is 1. The first-order valence-electron chi connectivity index (χ1n) is 2.86. The SMILES string of the molecule is [B]C(=O)c1cc(F)ccc1Cl. The molecular weight excluding hydrogens is 165 g/mol. The lowest BCUT2D eigenvalue weighted by molar-refractivity contribution is 0.108. The Kier molecular flexibility index (Phi) is 2.30. The number of halogens is 2. The van der Waals surface area contributed by atoms with Gasteiger partial charge in [-0.05, 0) is 18.2 Å². The molecule has 11 heavy (non-hydrogen) atoms. The van der Waals surface area contributed by atoms with E-state index in [1.807, 2.05) is 0 Å². The van der Waals surface area contributed by atoms with Crippen LogP contribution in [0.3, 0.4) is 0 Å². The third-order valence-electron chi connectivity index (χ3n) is 1.19. The van der Waals surface area contributed by atoms with E-state index in [9.17, 15) is 9.18 Å². The topological polar surface area (TPSA) is 17.1 Å². The quantitative estimate of drug-likeness (QED) is 0.584. The Hall–Kier alpha value is -0.825. The van der Waals surface area contributed by atoms with Crippen LogP contribution in [0, 0.1) is 5.82 Å². The maximum Gasteiger partial charge on any atom is 0.175 e. The fraction of sp³-hybridized carbons (Fsp3) is 0. The average molecular weight is 168 g/mol. The lowest BCUT2D eigenvalue weighted by Crippen LogP contribution is -1.98. The van der Waals surface area contributed by atoms with Crippen molar-refractivity contribution in [1.29, 1.82) is 0 Å². The van der Waals surface area contributed by atoms with Gasteiger partial charge in [-0.3, -0.25) is 0 Å². The van der Waals surface area contributed by atoms with Gasteiger partial charge >= 0.3 is 0 Å². The van der Waals surface area contributed by atoms with Crippen molar-refractivity contribution in [3.8, 4) is 0 Å². The molecule has 0 aromatic heterocycles. The molecule has 0 atom stereocenters. The van der Waals surface area contributed by atoms with Gasteiger partial charge in [-0.1, -0.05) is 11.6 Å². The summed E-state index contributed by atoms with van der Waals surface area (Å²) in [5.41, 5.74) is -0.721. The van der Waals surface area contributed by atoms with Crippen molar-refractivity contribution < 1.29 is 9.18 Å². The first-order chi connectivity index (χ1) is 5.11. The summed E-state index contributed by atoms with van der Waals surface area (Å²) in [6, 6.07) is 3.45. The second kappa shape index (κ2) is 3.05. The molecule has 0 fully saturated rings. The van der Waals surface area contributed by atoms with E-state index < -0.39 is 11.5 Å². The molecule has 0 saturated carbocycles. The van der Waals surface area contributed by atoms with E-state index in [1.54, 1.807) is 0 Å². The summed E-state index contributed by atoms with van der Waals surface area (Å²) in [5.74, 6) is -0.525. The molecule has 1 aromatic carbocycles. The van der Waals surface area contributed by atoms with Gasteiger partial charge in [-0.15, -0.1) is 0 Å². The van der Waals surface area contributed by atoms with E-state index in [0.29, 0.717) is 0 Å². The summed E-state index contributed by atoms with van der Waals surface area (Å²) < 4.78 is 12.4. The number of benzene rings is 1. The minimum Gasteiger partial charge on any atom is -0.307 e. The molecule has 0 aliphatic rings. The Morgan fingerprint density at radius 1 is 1.55 bits per heavy atom. The first-order valence-corrected chi connectivity index (χ1v) is 3.24. The minimum atomic E-state index is -0.727. The van der Waals surface area contributed by atoms with Crippen LogP contribution in [0.5, 0.6) is 0 Å². The number of rotatable bonds is 1. The lowest BCUT2D eigenvalue weighted by Gasteiger charge is -1.98. The van der Waals surface area contributed by atoms with E-state index in [0.717, 1.165) is 12.1 Å². The average Bonchev–Trinajstić information content (AvgIpc) is 1.94. The van der Waals surface area contributed by atoms with Gasteiger partial charge in [0.25, 0.3) is 0 Å². The van der Waals surface area contributed by atoms with Gasteiger partial charge in [0, 0.05) is 5.56 Å². The van der Waals surface area contributed by atoms with Crippen molar-refractivity contribution in [2.45, 2.75) is 0 Å². The molecule has 4 heteroatoms. The summed E-state index contributed by atoms with van der Waals surface area (Å²) in [7, 11) is 4.89. The van der Waals surface area contributed by atoms with E-state index >= 15 is 0 Å². The maximum atomic E-state index is 12.4. The van der Waals surface area contributed by atoms with Crippen molar-refractivity contribution in [3.63, 3.8) is 0 Å². The van der Waals surface area contributed by atoms with Crippen LogP contribution in [-0.4, -0.2) is 13.5 Å². The molecule has 0 amide bonds. The lowest BCUT2D eigenvalue weighted by atomic mass is 9.95. The Balaban J connectivity index is 3.23. The van der Waals surface area contributed by atoms with Gasteiger partial charge in [0.1, 0.15) is 11.5 Å². The summed E-state index contributed by atoms with van der Waals surface area (Å²) >= 11 is 5.52. The molecule has 0 N–H and O–H groups in total. The summed E-state index contributed by atoms with van der Waals surface area (Å²) in [5, 5.41) is 0.166. The van der Waals surface area contributed by atoms with Crippen molar-refractivity contribution in [3.05, 3.63) is 34.6 Å². The standard InChI is InChI=1S/C7H3BClFO/c8-7(11)5-3-4(10)1-2-6(5)9/h1-3H. The van der Waals surface area contributed by atoms with E-state index in [2.05, 4.69) is 0 Å². The highest BCUT2D eigenvalue weighted by molar-refractivity contribution is 6.63. The normalized spacial score (nSPS) is 9.64. The summed E-state index contributed by atoms with van der Waals surface area (Å²) in [6.45, 7) is 0. The molecule has 1 nitrogen and oxygen atoms in total. The Morgan fingerprint density at radius 2 is 2.18 bits per heavy atom. The molecular formula is C7H3BClFO. The van der Waals surface area contributed by atoms with Crippen LogP contribution < -0.4 is 0 Å². The highest BCUT2D eigenvalue weighted by Gasteiger charge is 2.04. The minimum absolute atomic E-state index is 0.00617. The molecule has 0 bridgehead atoms. The molecule has 2 radical (unpaired) electrons. The van der Waals surface area contributed by atoms with Crippen molar-refractivity contribution in [2.75, 3.05) is 0 Å². The fourth-order valence-corrected chi connectivity index (χ4v) is 0.897. The van der Waals surface area contributed by atoms with E-state index in [4.69, 9.17) is 19.4 Å². The van der Waals surface area contributed by atoms with Crippen molar-refractivity contribution in [2.24, 2.45) is 0 Å². The zero-order chi connectivity index (χ0) is 8.43. The van der Waals surface area contributed by atoms with Gasteiger partial charge in [0.15, 0.2) is 7.85 Å². The highest BCUT2D eigenvalue weighted by Crippen LogP contribution is 2.16. The smallest absolute Gasteiger partial charge is 0.175 e. The molecule has 0 aliphatic carbocycles. The van der Waals surface area contributed by atoms with Crippen LogP contribution in [0.4, 0.5) is 4.39 Å². The molecule has 1 aromatic rings. The summed E-state index contributed by atoms with van der Waals surface area (Å²) in [4.78, 5) is 10.5. The van der Waals surface area contributed by atoms with Crippen LogP contribution in [0.25, 0.3) is 0 Å². The number of carbonyl (C=O) groups excluding carboxylic acids is 1. The predicted octanol–water partition coefficient (Wildman–Crippen LogP) is 1.79. The second-order valence-electron chi connectivity index (χ2n) is 1.99. The Labute approximate surface area is 69.6 Å². The van der Waals surface area contributed by atoms with Crippen molar-refractivity contribution >= 4 is 25.1 Å². The Bertz CT molecular complexity index is 300. The van der Waals surface area contributed by atoms with Gasteiger partial charge in [0.2, 0.25) is 0 Å².